The van der Waals surface area contributed by atoms with E-state index in [0.717, 1.165) is 15.8 Å². The Hall–Kier alpha value is -3.18. The monoisotopic (exact) mass is 619 g/mol. The van der Waals surface area contributed by atoms with Crippen molar-refractivity contribution in [3.63, 3.8) is 0 Å². The summed E-state index contributed by atoms with van der Waals surface area (Å²) in [5.74, 6) is -2.83. The van der Waals surface area contributed by atoms with Crippen LogP contribution in [0.3, 0.4) is 0 Å². The Morgan fingerprint density at radius 3 is 2.49 bits per heavy atom. The maximum absolute atomic E-state index is 14.3. The van der Waals surface area contributed by atoms with Gasteiger partial charge in [-0.15, -0.1) is 0 Å². The molecular formula is C31H33ClF3N3O5. The molecule has 3 atom stereocenters. The molecule has 2 fully saturated rings. The second-order valence-corrected chi connectivity index (χ2v) is 12.8. The van der Waals surface area contributed by atoms with E-state index in [2.05, 4.69) is 0 Å². The van der Waals surface area contributed by atoms with E-state index in [1.807, 2.05) is 13.0 Å². The number of benzene rings is 1. The Morgan fingerprint density at radius 2 is 1.88 bits per heavy atom. The fourth-order valence-corrected chi connectivity index (χ4v) is 7.22. The Balaban J connectivity index is 1.42. The van der Waals surface area contributed by atoms with Gasteiger partial charge in [-0.2, -0.15) is 23.0 Å². The van der Waals surface area contributed by atoms with E-state index in [1.165, 1.54) is 18.2 Å². The van der Waals surface area contributed by atoms with Crippen LogP contribution in [0.2, 0.25) is 5.02 Å². The number of carbonyl (C=O) groups is 3. The summed E-state index contributed by atoms with van der Waals surface area (Å²) in [7, 11) is 1.60. The molecule has 1 aliphatic heterocycles. The predicted molar refractivity (Wildman–Crippen MR) is 151 cm³/mol. The van der Waals surface area contributed by atoms with Crippen LogP contribution in [0.5, 0.6) is 0 Å². The summed E-state index contributed by atoms with van der Waals surface area (Å²) in [6.07, 6.45) is -1.09. The molecule has 6 rings (SSSR count). The molecule has 1 saturated carbocycles. The number of aliphatic carboxylic acids is 1. The Bertz CT molecular complexity index is 1520. The minimum absolute atomic E-state index is 0.0151. The highest BCUT2D eigenvalue weighted by Crippen LogP contribution is 2.60. The lowest BCUT2D eigenvalue weighted by atomic mass is 9.78. The highest BCUT2D eigenvalue weighted by Gasteiger charge is 2.65. The van der Waals surface area contributed by atoms with Crippen molar-refractivity contribution in [2.75, 3.05) is 20.2 Å². The molecule has 230 valence electrons. The highest BCUT2D eigenvalue weighted by atomic mass is 35.5. The smallest absolute Gasteiger partial charge is 0.398 e. The molecule has 4 aliphatic rings. The number of halogens is 4. The third-order valence-electron chi connectivity index (χ3n) is 9.81. The molecular weight excluding hydrogens is 587 g/mol. The zero-order valence-corrected chi connectivity index (χ0v) is 24.7. The quantitative estimate of drug-likeness (QED) is 0.471. The number of hydrogen-bond donors (Lipinski definition) is 1. The van der Waals surface area contributed by atoms with Gasteiger partial charge in [-0.3, -0.25) is 14.4 Å². The number of carboxylic acid groups (broad SMARTS) is 1. The zero-order chi connectivity index (χ0) is 30.8. The standard InChI is InChI=1S/C31H33ClF3N3O5/c1-16-12-17(6-8-20(16)29(41)42)26-21-9-7-18(27(39)37-14-19(15-37)43-2)13-24(21)38(36-26)28(40)25-22(4-3-5-23(25)32)30(10-11-30)31(33,34)35/h3-6,16,18-20H,7-15H2,1-2H3,(H,41,42). The number of carboxylic acids is 1. The summed E-state index contributed by atoms with van der Waals surface area (Å²) < 4.78 is 49.2. The van der Waals surface area contributed by atoms with Crippen LogP contribution in [0.25, 0.3) is 5.57 Å². The van der Waals surface area contributed by atoms with E-state index < -0.39 is 35.3 Å². The van der Waals surface area contributed by atoms with Crippen molar-refractivity contribution in [2.45, 2.75) is 69.6 Å². The van der Waals surface area contributed by atoms with E-state index >= 15 is 0 Å². The number of nitrogens with zero attached hydrogens (tertiary/aromatic N) is 3. The third-order valence-corrected chi connectivity index (χ3v) is 10.1. The topological polar surface area (TPSA) is 102 Å². The van der Waals surface area contributed by atoms with Crippen LogP contribution in [0.1, 0.15) is 71.9 Å². The average Bonchev–Trinajstić information content (AvgIpc) is 3.67. The molecule has 1 N–H and O–H groups in total. The van der Waals surface area contributed by atoms with E-state index in [9.17, 15) is 32.7 Å². The highest BCUT2D eigenvalue weighted by molar-refractivity contribution is 6.34. The Morgan fingerprint density at radius 1 is 1.16 bits per heavy atom. The molecule has 0 spiro atoms. The minimum atomic E-state index is -4.56. The number of methoxy groups -OCH3 is 1. The van der Waals surface area contributed by atoms with Gasteiger partial charge in [-0.05, 0) is 61.6 Å². The van der Waals surface area contributed by atoms with Crippen molar-refractivity contribution in [3.8, 4) is 0 Å². The number of likely N-dealkylation sites (tertiary alicyclic amines) is 1. The number of ether oxygens (including phenoxy) is 1. The lowest BCUT2D eigenvalue weighted by molar-refractivity contribution is -0.160. The molecule has 1 saturated heterocycles. The molecule has 43 heavy (non-hydrogen) atoms. The van der Waals surface area contributed by atoms with Crippen LogP contribution >= 0.6 is 11.6 Å². The van der Waals surface area contributed by atoms with Crippen LogP contribution in [0, 0.1) is 17.8 Å². The number of carbonyl (C=O) groups excluding carboxylic acids is 2. The molecule has 1 amide bonds. The van der Waals surface area contributed by atoms with Gasteiger partial charge in [0.2, 0.25) is 5.91 Å². The zero-order valence-electron chi connectivity index (χ0n) is 23.9. The van der Waals surface area contributed by atoms with E-state index in [-0.39, 0.29) is 53.3 Å². The van der Waals surface area contributed by atoms with Gasteiger partial charge in [0.15, 0.2) is 0 Å². The van der Waals surface area contributed by atoms with Gasteiger partial charge in [0, 0.05) is 38.1 Å². The summed E-state index contributed by atoms with van der Waals surface area (Å²) in [6, 6.07) is 4.14. The first-order valence-electron chi connectivity index (χ1n) is 14.6. The molecule has 3 unspecified atom stereocenters. The number of fused-ring (bicyclic) bond motifs is 1. The molecule has 0 bridgehead atoms. The Labute approximate surface area is 251 Å². The molecule has 2 aromatic rings. The first kappa shape index (κ1) is 29.9. The van der Waals surface area contributed by atoms with Crippen molar-refractivity contribution in [1.82, 2.24) is 14.7 Å². The van der Waals surface area contributed by atoms with Crippen LogP contribution in [0.15, 0.2) is 24.3 Å². The first-order valence-corrected chi connectivity index (χ1v) is 15.0. The fraction of sp³-hybridized carbons (Fsp3) is 0.548. The van der Waals surface area contributed by atoms with Gasteiger partial charge < -0.3 is 14.7 Å². The van der Waals surface area contributed by atoms with Gasteiger partial charge in [-0.25, -0.2) is 0 Å². The van der Waals surface area contributed by atoms with Crippen molar-refractivity contribution in [3.05, 3.63) is 57.4 Å². The van der Waals surface area contributed by atoms with Crippen LogP contribution in [-0.2, 0) is 32.6 Å². The van der Waals surface area contributed by atoms with Gasteiger partial charge >= 0.3 is 12.1 Å². The van der Waals surface area contributed by atoms with Crippen molar-refractivity contribution >= 4 is 35.0 Å². The predicted octanol–water partition coefficient (Wildman–Crippen LogP) is 5.30. The molecule has 1 aromatic carbocycles. The van der Waals surface area contributed by atoms with Gasteiger partial charge in [-0.1, -0.05) is 36.7 Å². The molecule has 3 aliphatic carbocycles. The molecule has 12 heteroatoms. The second kappa shape index (κ2) is 10.8. The number of hydrogen-bond acceptors (Lipinski definition) is 5. The lowest BCUT2D eigenvalue weighted by Crippen LogP contribution is -2.56. The van der Waals surface area contributed by atoms with Crippen molar-refractivity contribution in [1.29, 1.82) is 0 Å². The first-order chi connectivity index (χ1) is 20.4. The van der Waals surface area contributed by atoms with Crippen molar-refractivity contribution in [2.24, 2.45) is 17.8 Å². The summed E-state index contributed by atoms with van der Waals surface area (Å²) in [6.45, 7) is 2.83. The number of allylic oxidation sites excluding steroid dienone is 2. The van der Waals surface area contributed by atoms with Crippen LogP contribution < -0.4 is 0 Å². The van der Waals surface area contributed by atoms with E-state index in [0.29, 0.717) is 50.2 Å². The van der Waals surface area contributed by atoms with E-state index in [1.54, 1.807) is 12.0 Å². The molecule has 0 radical (unpaired) electrons. The fourth-order valence-electron chi connectivity index (χ4n) is 6.96. The average molecular weight is 620 g/mol. The molecule has 8 nitrogen and oxygen atoms in total. The molecule has 2 heterocycles. The van der Waals surface area contributed by atoms with Gasteiger partial charge in [0.25, 0.3) is 5.91 Å². The summed E-state index contributed by atoms with van der Waals surface area (Å²) in [5, 5.41) is 14.2. The van der Waals surface area contributed by atoms with E-state index in [4.69, 9.17) is 21.4 Å². The minimum Gasteiger partial charge on any atom is -0.481 e. The van der Waals surface area contributed by atoms with Gasteiger partial charge in [0.05, 0.1) is 39.4 Å². The number of rotatable bonds is 6. The van der Waals surface area contributed by atoms with Crippen LogP contribution in [-0.4, -0.2) is 70.1 Å². The summed E-state index contributed by atoms with van der Waals surface area (Å²) >= 11 is 6.47. The normalized spacial score (nSPS) is 25.0. The number of alkyl halides is 3. The SMILES string of the molecule is COC1CN(C(=O)C2CCc3c(C4=CCC(C(=O)O)C(C)C4)nn(C(=O)c4c(Cl)cccc4C4(C(F)(F)F)CC4)c3C2)C1. The summed E-state index contributed by atoms with van der Waals surface area (Å²) in [4.78, 5) is 41.0. The third kappa shape index (κ3) is 4.98. The lowest BCUT2D eigenvalue weighted by Gasteiger charge is -2.40. The number of amides is 1. The van der Waals surface area contributed by atoms with Gasteiger partial charge in [0.1, 0.15) is 0 Å². The van der Waals surface area contributed by atoms with Crippen LogP contribution in [0.4, 0.5) is 13.2 Å². The van der Waals surface area contributed by atoms with Crippen molar-refractivity contribution < 1.29 is 37.4 Å². The number of aromatic nitrogens is 2. The second-order valence-electron chi connectivity index (χ2n) is 12.4. The Kier molecular flexibility index (Phi) is 7.48. The summed E-state index contributed by atoms with van der Waals surface area (Å²) in [5.41, 5.74) is 0.0775. The maximum atomic E-state index is 14.3. The maximum Gasteiger partial charge on any atom is 0.398 e. The largest absolute Gasteiger partial charge is 0.481 e. The molecule has 1 aromatic heterocycles.